The number of benzene rings is 2. The maximum Gasteiger partial charge on any atom is 0.339 e. The lowest BCUT2D eigenvalue weighted by atomic mass is 10.2. The molecular weight excluding hydrogens is 276 g/mol. The van der Waals surface area contributed by atoms with E-state index in [1.54, 1.807) is 36.4 Å². The highest BCUT2D eigenvalue weighted by molar-refractivity contribution is 7.87. The summed E-state index contributed by atoms with van der Waals surface area (Å²) in [5.74, 6) is 0.175. The molecule has 20 heavy (non-hydrogen) atoms. The fourth-order valence-corrected chi connectivity index (χ4v) is 2.57. The molecule has 0 spiro atoms. The summed E-state index contributed by atoms with van der Waals surface area (Å²) in [5.41, 5.74) is 0.513. The average Bonchev–Trinajstić information content (AvgIpc) is 2.47. The molecule has 0 heterocycles. The summed E-state index contributed by atoms with van der Waals surface area (Å²) in [6, 6.07) is 14.5. The van der Waals surface area contributed by atoms with Crippen LogP contribution < -0.4 is 4.18 Å². The first kappa shape index (κ1) is 14.0. The normalized spacial score (nSPS) is 11.4. The van der Waals surface area contributed by atoms with Crippen molar-refractivity contribution in [3.8, 4) is 5.75 Å². The number of hydrogen-bond acceptors (Lipinski definition) is 4. The average molecular weight is 288 g/mol. The van der Waals surface area contributed by atoms with Crippen LogP contribution in [0.5, 0.6) is 5.75 Å². The Labute approximate surface area is 117 Å². The quantitative estimate of drug-likeness (QED) is 0.482. The van der Waals surface area contributed by atoms with Crippen molar-refractivity contribution >= 4 is 22.5 Å². The van der Waals surface area contributed by atoms with Crippen LogP contribution in [0, 0.1) is 0 Å². The van der Waals surface area contributed by atoms with E-state index in [1.165, 1.54) is 30.4 Å². The van der Waals surface area contributed by atoms with Gasteiger partial charge in [-0.1, -0.05) is 36.4 Å². The molecular formula is C15H12O4S. The third kappa shape index (κ3) is 3.33. The fourth-order valence-electron chi connectivity index (χ4n) is 1.59. The lowest BCUT2D eigenvalue weighted by Crippen LogP contribution is -2.10. The summed E-state index contributed by atoms with van der Waals surface area (Å²) < 4.78 is 29.3. The molecule has 0 saturated heterocycles. The van der Waals surface area contributed by atoms with Gasteiger partial charge in [-0.2, -0.15) is 8.42 Å². The number of carbonyl (C=O) groups excluding carboxylic acids is 1. The Hall–Kier alpha value is -2.40. The zero-order valence-corrected chi connectivity index (χ0v) is 11.3. The van der Waals surface area contributed by atoms with E-state index in [2.05, 4.69) is 0 Å². The van der Waals surface area contributed by atoms with E-state index in [4.69, 9.17) is 4.18 Å². The Kier molecular flexibility index (Phi) is 4.32. The standard InChI is InChI=1S/C15H12O4S/c16-12-6-8-13-7-4-5-11-15(13)19-20(17,18)14-9-2-1-3-10-14/h1-12H. The zero-order chi connectivity index (χ0) is 14.4. The highest BCUT2D eigenvalue weighted by atomic mass is 32.2. The Morgan fingerprint density at radius 2 is 1.55 bits per heavy atom. The van der Waals surface area contributed by atoms with Crippen molar-refractivity contribution in [2.75, 3.05) is 0 Å². The molecule has 0 bridgehead atoms. The second-order valence-corrected chi connectivity index (χ2v) is 5.43. The first-order chi connectivity index (χ1) is 9.63. The minimum atomic E-state index is -3.88. The van der Waals surface area contributed by atoms with Crippen LogP contribution in [0.1, 0.15) is 5.56 Å². The summed E-state index contributed by atoms with van der Waals surface area (Å²) in [5, 5.41) is 0. The van der Waals surface area contributed by atoms with Crippen molar-refractivity contribution < 1.29 is 17.4 Å². The molecule has 0 N–H and O–H groups in total. The molecule has 0 aliphatic rings. The first-order valence-corrected chi connectivity index (χ1v) is 7.25. The summed E-state index contributed by atoms with van der Waals surface area (Å²) in [6.45, 7) is 0. The number of hydrogen-bond donors (Lipinski definition) is 0. The smallest absolute Gasteiger partial charge is 0.339 e. The van der Waals surface area contributed by atoms with Gasteiger partial charge >= 0.3 is 10.1 Å². The Morgan fingerprint density at radius 3 is 2.25 bits per heavy atom. The summed E-state index contributed by atoms with van der Waals surface area (Å²) >= 11 is 0. The molecule has 0 aliphatic carbocycles. The molecule has 5 heteroatoms. The van der Waals surface area contributed by atoms with Crippen LogP contribution in [0.2, 0.25) is 0 Å². The van der Waals surface area contributed by atoms with Gasteiger partial charge in [0.1, 0.15) is 16.9 Å². The van der Waals surface area contributed by atoms with E-state index in [-0.39, 0.29) is 10.6 Å². The molecule has 0 unspecified atom stereocenters. The van der Waals surface area contributed by atoms with Gasteiger partial charge in [-0.05, 0) is 30.4 Å². The van der Waals surface area contributed by atoms with Crippen LogP contribution in [-0.4, -0.2) is 14.7 Å². The van der Waals surface area contributed by atoms with Crippen molar-refractivity contribution in [2.24, 2.45) is 0 Å². The summed E-state index contributed by atoms with van der Waals surface area (Å²) in [4.78, 5) is 10.4. The molecule has 0 amide bonds. The third-order valence-electron chi connectivity index (χ3n) is 2.50. The molecule has 2 aromatic carbocycles. The van der Waals surface area contributed by atoms with Gasteiger partial charge in [-0.25, -0.2) is 0 Å². The maximum atomic E-state index is 12.1. The lowest BCUT2D eigenvalue weighted by molar-refractivity contribution is -0.104. The number of carbonyl (C=O) groups is 1. The van der Waals surface area contributed by atoms with E-state index in [1.807, 2.05) is 0 Å². The molecule has 0 atom stereocenters. The van der Waals surface area contributed by atoms with Crippen molar-refractivity contribution in [1.29, 1.82) is 0 Å². The van der Waals surface area contributed by atoms with Crippen LogP contribution in [0.3, 0.4) is 0 Å². The Bertz CT molecular complexity index is 719. The first-order valence-electron chi connectivity index (χ1n) is 5.84. The molecule has 2 rings (SSSR count). The molecule has 0 aromatic heterocycles. The van der Waals surface area contributed by atoms with Gasteiger partial charge in [0.15, 0.2) is 0 Å². The van der Waals surface area contributed by atoms with Gasteiger partial charge in [0, 0.05) is 5.56 Å². The minimum absolute atomic E-state index is 0.0779. The minimum Gasteiger partial charge on any atom is -0.378 e. The van der Waals surface area contributed by atoms with Gasteiger partial charge in [-0.3, -0.25) is 4.79 Å². The maximum absolute atomic E-state index is 12.1. The van der Waals surface area contributed by atoms with Gasteiger partial charge in [0.25, 0.3) is 0 Å². The van der Waals surface area contributed by atoms with Crippen LogP contribution in [0.15, 0.2) is 65.6 Å². The van der Waals surface area contributed by atoms with Crippen molar-refractivity contribution in [3.63, 3.8) is 0 Å². The van der Waals surface area contributed by atoms with Crippen LogP contribution >= 0.6 is 0 Å². The molecule has 0 aliphatic heterocycles. The molecule has 4 nitrogen and oxygen atoms in total. The van der Waals surface area contributed by atoms with Crippen molar-refractivity contribution in [3.05, 3.63) is 66.2 Å². The molecule has 2 aromatic rings. The van der Waals surface area contributed by atoms with E-state index < -0.39 is 10.1 Å². The van der Waals surface area contributed by atoms with Crippen LogP contribution in [0.25, 0.3) is 6.08 Å². The number of allylic oxidation sites excluding steroid dienone is 1. The van der Waals surface area contributed by atoms with Crippen LogP contribution in [-0.2, 0) is 14.9 Å². The lowest BCUT2D eigenvalue weighted by Gasteiger charge is -2.09. The second kappa shape index (κ2) is 6.16. The van der Waals surface area contributed by atoms with Crippen LogP contribution in [0.4, 0.5) is 0 Å². The fraction of sp³-hybridized carbons (Fsp3) is 0. The predicted octanol–water partition coefficient (Wildman–Crippen LogP) is 2.67. The van der Waals surface area contributed by atoms with Gasteiger partial charge in [0.05, 0.1) is 0 Å². The zero-order valence-electron chi connectivity index (χ0n) is 10.5. The third-order valence-corrected chi connectivity index (χ3v) is 3.75. The van der Waals surface area contributed by atoms with Gasteiger partial charge < -0.3 is 4.18 Å². The second-order valence-electron chi connectivity index (χ2n) is 3.88. The van der Waals surface area contributed by atoms with Gasteiger partial charge in [-0.15, -0.1) is 0 Å². The largest absolute Gasteiger partial charge is 0.378 e. The van der Waals surface area contributed by atoms with E-state index in [9.17, 15) is 13.2 Å². The number of para-hydroxylation sites is 1. The number of aldehydes is 1. The predicted molar refractivity (Wildman–Crippen MR) is 75.8 cm³/mol. The topological polar surface area (TPSA) is 60.4 Å². The summed E-state index contributed by atoms with van der Waals surface area (Å²) in [7, 11) is -3.88. The summed E-state index contributed by atoms with van der Waals surface area (Å²) in [6.07, 6.45) is 3.38. The van der Waals surface area contributed by atoms with Gasteiger partial charge in [0.2, 0.25) is 0 Å². The molecule has 0 radical (unpaired) electrons. The monoisotopic (exact) mass is 288 g/mol. The number of rotatable bonds is 5. The SMILES string of the molecule is O=CC=Cc1ccccc1OS(=O)(=O)c1ccccc1. The van der Waals surface area contributed by atoms with Crippen molar-refractivity contribution in [2.45, 2.75) is 4.90 Å². The van der Waals surface area contributed by atoms with E-state index in [0.29, 0.717) is 11.8 Å². The highest BCUT2D eigenvalue weighted by Gasteiger charge is 2.17. The molecule has 0 saturated carbocycles. The van der Waals surface area contributed by atoms with E-state index >= 15 is 0 Å². The highest BCUT2D eigenvalue weighted by Crippen LogP contribution is 2.23. The molecule has 102 valence electrons. The van der Waals surface area contributed by atoms with Crippen molar-refractivity contribution in [1.82, 2.24) is 0 Å². The Balaban J connectivity index is 2.35. The van der Waals surface area contributed by atoms with E-state index in [0.717, 1.165) is 0 Å². The molecule has 0 fully saturated rings. The Morgan fingerprint density at radius 1 is 0.900 bits per heavy atom.